The van der Waals surface area contributed by atoms with Crippen LogP contribution in [0.5, 0.6) is 0 Å². The highest BCUT2D eigenvalue weighted by atomic mass is 16.3. The molecule has 0 radical (unpaired) electrons. The molecular weight excluding hydrogens is 242 g/mol. The fraction of sp³-hybridized carbons (Fsp3) is 0.867. The van der Waals surface area contributed by atoms with Crippen LogP contribution in [0.25, 0.3) is 0 Å². The van der Waals surface area contributed by atoms with Gasteiger partial charge in [0.05, 0.1) is 24.0 Å². The van der Waals surface area contributed by atoms with Gasteiger partial charge in [-0.1, -0.05) is 26.2 Å². The van der Waals surface area contributed by atoms with Gasteiger partial charge in [0.25, 0.3) is 0 Å². The summed E-state index contributed by atoms with van der Waals surface area (Å²) in [5.74, 6) is 0.287. The lowest BCUT2D eigenvalue weighted by molar-refractivity contribution is -0.152. The van der Waals surface area contributed by atoms with E-state index in [0.717, 1.165) is 44.9 Å². The number of fused-ring (bicyclic) bond motifs is 1. The van der Waals surface area contributed by atoms with Crippen molar-refractivity contribution < 1.29 is 14.7 Å². The van der Waals surface area contributed by atoms with Gasteiger partial charge in [-0.3, -0.25) is 14.5 Å². The van der Waals surface area contributed by atoms with Gasteiger partial charge in [-0.15, -0.1) is 0 Å². The zero-order valence-electron chi connectivity index (χ0n) is 11.6. The van der Waals surface area contributed by atoms with Crippen LogP contribution in [0.2, 0.25) is 0 Å². The molecule has 3 aliphatic rings. The molecule has 1 saturated heterocycles. The van der Waals surface area contributed by atoms with Crippen LogP contribution in [-0.2, 0) is 9.59 Å². The summed E-state index contributed by atoms with van der Waals surface area (Å²) in [4.78, 5) is 26.6. The zero-order valence-corrected chi connectivity index (χ0v) is 11.6. The number of carbonyl (C=O) groups excluding carboxylic acids is 2. The Hall–Kier alpha value is -0.900. The minimum Gasteiger partial charge on any atom is -0.394 e. The van der Waals surface area contributed by atoms with Crippen molar-refractivity contribution in [3.8, 4) is 0 Å². The van der Waals surface area contributed by atoms with E-state index < -0.39 is 5.54 Å². The second kappa shape index (κ2) is 4.58. The second-order valence-electron chi connectivity index (χ2n) is 6.74. The summed E-state index contributed by atoms with van der Waals surface area (Å²) in [7, 11) is 0. The van der Waals surface area contributed by atoms with Gasteiger partial charge in [0.2, 0.25) is 11.8 Å². The molecule has 0 bridgehead atoms. The summed E-state index contributed by atoms with van der Waals surface area (Å²) < 4.78 is 0. The van der Waals surface area contributed by atoms with Crippen molar-refractivity contribution in [1.29, 1.82) is 0 Å². The van der Waals surface area contributed by atoms with Gasteiger partial charge in [-0.25, -0.2) is 0 Å². The average molecular weight is 265 g/mol. The van der Waals surface area contributed by atoms with Crippen LogP contribution in [0.4, 0.5) is 0 Å². The summed E-state index contributed by atoms with van der Waals surface area (Å²) >= 11 is 0. The minimum absolute atomic E-state index is 0.00403. The molecule has 4 unspecified atom stereocenters. The Balaban J connectivity index is 1.91. The first kappa shape index (κ1) is 13.1. The quantitative estimate of drug-likeness (QED) is 0.773. The molecule has 2 saturated carbocycles. The van der Waals surface area contributed by atoms with Crippen LogP contribution in [0.1, 0.15) is 51.9 Å². The highest BCUT2D eigenvalue weighted by molar-refractivity contribution is 6.06. The van der Waals surface area contributed by atoms with Crippen LogP contribution in [0.15, 0.2) is 0 Å². The molecule has 2 aliphatic carbocycles. The summed E-state index contributed by atoms with van der Waals surface area (Å²) in [5, 5.41) is 9.87. The Kier molecular flexibility index (Phi) is 3.16. The van der Waals surface area contributed by atoms with E-state index in [-0.39, 0.29) is 30.3 Å². The van der Waals surface area contributed by atoms with E-state index in [1.54, 1.807) is 0 Å². The molecule has 4 nitrogen and oxygen atoms in total. The van der Waals surface area contributed by atoms with Gasteiger partial charge >= 0.3 is 0 Å². The minimum atomic E-state index is -0.601. The summed E-state index contributed by atoms with van der Waals surface area (Å²) in [6.45, 7) is 2.07. The van der Waals surface area contributed by atoms with E-state index in [4.69, 9.17) is 0 Å². The van der Waals surface area contributed by atoms with Gasteiger partial charge in [0.1, 0.15) is 0 Å². The molecule has 0 aromatic rings. The SMILES string of the molecule is CC1CCCC(CO)(N2C(=O)C3CCCC3C2=O)C1. The number of hydrogen-bond donors (Lipinski definition) is 1. The van der Waals surface area contributed by atoms with Crippen molar-refractivity contribution in [2.75, 3.05) is 6.61 Å². The smallest absolute Gasteiger partial charge is 0.233 e. The van der Waals surface area contributed by atoms with Crippen molar-refractivity contribution in [3.63, 3.8) is 0 Å². The van der Waals surface area contributed by atoms with Crippen LogP contribution in [0.3, 0.4) is 0 Å². The number of amides is 2. The van der Waals surface area contributed by atoms with E-state index in [1.165, 1.54) is 4.90 Å². The second-order valence-corrected chi connectivity index (χ2v) is 6.74. The normalized spacial score (nSPS) is 42.8. The largest absolute Gasteiger partial charge is 0.394 e. The summed E-state index contributed by atoms with van der Waals surface area (Å²) in [6.07, 6.45) is 6.35. The fourth-order valence-corrected chi connectivity index (χ4v) is 4.51. The topological polar surface area (TPSA) is 57.6 Å². The molecule has 106 valence electrons. The first-order valence-electron chi connectivity index (χ1n) is 7.58. The van der Waals surface area contributed by atoms with E-state index in [9.17, 15) is 14.7 Å². The Morgan fingerprint density at radius 3 is 2.32 bits per heavy atom. The summed E-state index contributed by atoms with van der Waals surface area (Å²) in [5.41, 5.74) is -0.601. The Bertz CT molecular complexity index is 386. The van der Waals surface area contributed by atoms with Gasteiger partial charge in [0, 0.05) is 0 Å². The highest BCUT2D eigenvalue weighted by Crippen LogP contribution is 2.46. The molecule has 0 spiro atoms. The van der Waals surface area contributed by atoms with Crippen LogP contribution < -0.4 is 0 Å². The van der Waals surface area contributed by atoms with Crippen LogP contribution in [0, 0.1) is 17.8 Å². The third-order valence-electron chi connectivity index (χ3n) is 5.43. The molecule has 1 heterocycles. The van der Waals surface area contributed by atoms with Crippen molar-refractivity contribution in [2.24, 2.45) is 17.8 Å². The van der Waals surface area contributed by atoms with Gasteiger partial charge in [-0.05, 0) is 31.6 Å². The molecule has 0 aromatic heterocycles. The van der Waals surface area contributed by atoms with E-state index in [1.807, 2.05) is 0 Å². The standard InChI is InChI=1S/C15H23NO3/c1-10-4-3-7-15(8-10,9-17)16-13(18)11-5-2-6-12(11)14(16)19/h10-12,17H,2-9H2,1H3. The molecule has 0 aromatic carbocycles. The number of hydrogen-bond acceptors (Lipinski definition) is 3. The van der Waals surface area contributed by atoms with E-state index >= 15 is 0 Å². The molecular formula is C15H23NO3. The third kappa shape index (κ3) is 1.83. The molecule has 4 atom stereocenters. The van der Waals surface area contributed by atoms with Crippen LogP contribution in [-0.4, -0.2) is 34.0 Å². The van der Waals surface area contributed by atoms with Gasteiger partial charge in [0.15, 0.2) is 0 Å². The number of likely N-dealkylation sites (tertiary alicyclic amines) is 1. The van der Waals surface area contributed by atoms with Crippen LogP contribution >= 0.6 is 0 Å². The maximum atomic E-state index is 12.6. The number of aliphatic hydroxyl groups is 1. The molecule has 1 N–H and O–H groups in total. The third-order valence-corrected chi connectivity index (χ3v) is 5.43. The van der Waals surface area contributed by atoms with E-state index in [0.29, 0.717) is 5.92 Å². The van der Waals surface area contributed by atoms with Gasteiger partial charge < -0.3 is 5.11 Å². The van der Waals surface area contributed by atoms with Gasteiger partial charge in [-0.2, -0.15) is 0 Å². The maximum Gasteiger partial charge on any atom is 0.233 e. The molecule has 3 fully saturated rings. The lowest BCUT2D eigenvalue weighted by Gasteiger charge is -2.44. The monoisotopic (exact) mass is 265 g/mol. The van der Waals surface area contributed by atoms with Crippen molar-refractivity contribution in [1.82, 2.24) is 4.90 Å². The number of nitrogens with zero attached hydrogens (tertiary/aromatic N) is 1. The molecule has 1 aliphatic heterocycles. The number of aliphatic hydroxyl groups excluding tert-OH is 1. The number of imide groups is 1. The Morgan fingerprint density at radius 1 is 1.16 bits per heavy atom. The fourth-order valence-electron chi connectivity index (χ4n) is 4.51. The Labute approximate surface area is 114 Å². The number of carbonyl (C=O) groups is 2. The van der Waals surface area contributed by atoms with Crippen molar-refractivity contribution in [3.05, 3.63) is 0 Å². The lowest BCUT2D eigenvalue weighted by atomic mass is 9.75. The molecule has 19 heavy (non-hydrogen) atoms. The number of rotatable bonds is 2. The molecule has 3 rings (SSSR count). The average Bonchev–Trinajstić information content (AvgIpc) is 2.95. The summed E-state index contributed by atoms with van der Waals surface area (Å²) in [6, 6.07) is 0. The predicted molar refractivity (Wildman–Crippen MR) is 70.1 cm³/mol. The van der Waals surface area contributed by atoms with E-state index in [2.05, 4.69) is 6.92 Å². The van der Waals surface area contributed by atoms with Crippen molar-refractivity contribution in [2.45, 2.75) is 57.4 Å². The Morgan fingerprint density at radius 2 is 1.79 bits per heavy atom. The molecule has 4 heteroatoms. The zero-order chi connectivity index (χ0) is 13.6. The first-order chi connectivity index (χ1) is 9.09. The highest BCUT2D eigenvalue weighted by Gasteiger charge is 2.56. The lowest BCUT2D eigenvalue weighted by Crippen LogP contribution is -2.57. The first-order valence-corrected chi connectivity index (χ1v) is 7.58. The predicted octanol–water partition coefficient (Wildman–Crippen LogP) is 1.71. The van der Waals surface area contributed by atoms with Crippen molar-refractivity contribution >= 4 is 11.8 Å². The molecule has 2 amide bonds. The maximum absolute atomic E-state index is 12.6.